The first-order chi connectivity index (χ1) is 14.2. The maximum absolute atomic E-state index is 9.52. The summed E-state index contributed by atoms with van der Waals surface area (Å²) in [5, 5.41) is 9.52. The molecule has 29 heavy (non-hydrogen) atoms. The molecule has 0 amide bonds. The van der Waals surface area contributed by atoms with Crippen LogP contribution in [0.5, 0.6) is 23.0 Å². The lowest BCUT2D eigenvalue weighted by Gasteiger charge is -2.20. The fourth-order valence-corrected chi connectivity index (χ4v) is 3.72. The fourth-order valence-electron chi connectivity index (χ4n) is 3.72. The first-order valence-electron chi connectivity index (χ1n) is 9.65. The van der Waals surface area contributed by atoms with Crippen LogP contribution in [0.1, 0.15) is 11.1 Å². The summed E-state index contributed by atoms with van der Waals surface area (Å²) >= 11 is 0. The standard InChI is InChI=1S/C24H25NO4/c1-27-22-6-4-3-5-21(22)18-13-19-16-25(15-17-7-9-20(26)10-8-17)11-12-29-24(19)23(14-18)28-2/h3-10,13-14,26H,11-12,15-16H2,1-2H3. The third-order valence-electron chi connectivity index (χ3n) is 5.16. The van der Waals surface area contributed by atoms with Crippen LogP contribution >= 0.6 is 0 Å². The number of phenols is 1. The van der Waals surface area contributed by atoms with E-state index in [-0.39, 0.29) is 5.75 Å². The van der Waals surface area contributed by atoms with Gasteiger partial charge in [0.15, 0.2) is 11.5 Å². The molecule has 0 atom stereocenters. The lowest BCUT2D eigenvalue weighted by atomic mass is 10.0. The third-order valence-corrected chi connectivity index (χ3v) is 5.16. The number of fused-ring (bicyclic) bond motifs is 1. The summed E-state index contributed by atoms with van der Waals surface area (Å²) in [5.74, 6) is 2.64. The van der Waals surface area contributed by atoms with Gasteiger partial charge in [0, 0.05) is 30.8 Å². The first kappa shape index (κ1) is 19.2. The van der Waals surface area contributed by atoms with Crippen LogP contribution in [-0.2, 0) is 13.1 Å². The minimum Gasteiger partial charge on any atom is -0.508 e. The zero-order valence-corrected chi connectivity index (χ0v) is 16.7. The van der Waals surface area contributed by atoms with Gasteiger partial charge in [-0.25, -0.2) is 0 Å². The van der Waals surface area contributed by atoms with Crippen molar-refractivity contribution in [2.75, 3.05) is 27.4 Å². The number of para-hydroxylation sites is 1. The second-order valence-corrected chi connectivity index (χ2v) is 7.09. The van der Waals surface area contributed by atoms with Gasteiger partial charge in [-0.2, -0.15) is 0 Å². The highest BCUT2D eigenvalue weighted by Crippen LogP contribution is 2.40. The van der Waals surface area contributed by atoms with Gasteiger partial charge in [-0.05, 0) is 41.5 Å². The van der Waals surface area contributed by atoms with Crippen molar-refractivity contribution in [1.82, 2.24) is 4.90 Å². The van der Waals surface area contributed by atoms with Crippen LogP contribution in [0, 0.1) is 0 Å². The van der Waals surface area contributed by atoms with Gasteiger partial charge < -0.3 is 19.3 Å². The molecule has 150 valence electrons. The molecule has 0 aromatic heterocycles. The Morgan fingerprint density at radius 3 is 2.48 bits per heavy atom. The molecule has 0 spiro atoms. The van der Waals surface area contributed by atoms with Gasteiger partial charge in [-0.3, -0.25) is 4.90 Å². The smallest absolute Gasteiger partial charge is 0.165 e. The van der Waals surface area contributed by atoms with Crippen LogP contribution in [0.4, 0.5) is 0 Å². The van der Waals surface area contributed by atoms with Crippen LogP contribution in [0.15, 0.2) is 60.7 Å². The van der Waals surface area contributed by atoms with Crippen molar-refractivity contribution < 1.29 is 19.3 Å². The lowest BCUT2D eigenvalue weighted by molar-refractivity contribution is 0.217. The predicted molar refractivity (Wildman–Crippen MR) is 113 cm³/mol. The van der Waals surface area contributed by atoms with Crippen molar-refractivity contribution in [3.63, 3.8) is 0 Å². The van der Waals surface area contributed by atoms with Gasteiger partial charge in [-0.15, -0.1) is 0 Å². The van der Waals surface area contributed by atoms with Gasteiger partial charge >= 0.3 is 0 Å². The van der Waals surface area contributed by atoms with Crippen LogP contribution in [0.2, 0.25) is 0 Å². The average molecular weight is 391 g/mol. The number of benzene rings is 3. The van der Waals surface area contributed by atoms with E-state index in [1.165, 1.54) is 0 Å². The summed E-state index contributed by atoms with van der Waals surface area (Å²) in [5.41, 5.74) is 4.29. The van der Waals surface area contributed by atoms with Gasteiger partial charge in [0.25, 0.3) is 0 Å². The second-order valence-electron chi connectivity index (χ2n) is 7.09. The number of nitrogens with zero attached hydrogens (tertiary/aromatic N) is 1. The Bertz CT molecular complexity index is 985. The molecular formula is C24H25NO4. The number of ether oxygens (including phenoxy) is 3. The van der Waals surface area contributed by atoms with Crippen LogP contribution < -0.4 is 14.2 Å². The Morgan fingerprint density at radius 1 is 0.966 bits per heavy atom. The third kappa shape index (κ3) is 4.15. The highest BCUT2D eigenvalue weighted by Gasteiger charge is 2.21. The Morgan fingerprint density at radius 2 is 1.72 bits per heavy atom. The van der Waals surface area contributed by atoms with Crippen molar-refractivity contribution in [2.45, 2.75) is 13.1 Å². The summed E-state index contributed by atoms with van der Waals surface area (Å²) in [4.78, 5) is 2.34. The van der Waals surface area contributed by atoms with E-state index >= 15 is 0 Å². The van der Waals surface area contributed by atoms with Crippen LogP contribution in [0.3, 0.4) is 0 Å². The summed E-state index contributed by atoms with van der Waals surface area (Å²) in [6, 6.07) is 19.5. The first-order valence-corrected chi connectivity index (χ1v) is 9.65. The van der Waals surface area contributed by atoms with Crippen LogP contribution in [-0.4, -0.2) is 37.4 Å². The van der Waals surface area contributed by atoms with E-state index in [2.05, 4.69) is 11.0 Å². The van der Waals surface area contributed by atoms with Crippen molar-refractivity contribution in [2.24, 2.45) is 0 Å². The SMILES string of the molecule is COc1ccccc1-c1cc2c(c(OC)c1)OCCN(Cc1ccc(O)cc1)C2. The molecule has 0 bridgehead atoms. The van der Waals surface area contributed by atoms with E-state index in [0.29, 0.717) is 6.61 Å². The van der Waals surface area contributed by atoms with E-state index in [1.54, 1.807) is 26.4 Å². The molecule has 1 N–H and O–H groups in total. The maximum Gasteiger partial charge on any atom is 0.165 e. The second kappa shape index (κ2) is 8.45. The van der Waals surface area contributed by atoms with Gasteiger partial charge in [0.1, 0.15) is 18.1 Å². The molecule has 1 heterocycles. The minimum absolute atomic E-state index is 0.282. The summed E-state index contributed by atoms with van der Waals surface area (Å²) in [6.45, 7) is 2.93. The number of aromatic hydroxyl groups is 1. The summed E-state index contributed by atoms with van der Waals surface area (Å²) in [7, 11) is 3.35. The highest BCUT2D eigenvalue weighted by molar-refractivity contribution is 5.74. The molecule has 4 rings (SSSR count). The molecule has 0 saturated carbocycles. The maximum atomic E-state index is 9.52. The quantitative estimate of drug-likeness (QED) is 0.695. The van der Waals surface area contributed by atoms with Gasteiger partial charge in [0.2, 0.25) is 0 Å². The van der Waals surface area contributed by atoms with Crippen molar-refractivity contribution in [1.29, 1.82) is 0 Å². The van der Waals surface area contributed by atoms with E-state index in [9.17, 15) is 5.11 Å². The minimum atomic E-state index is 0.282. The largest absolute Gasteiger partial charge is 0.508 e. The normalized spacial score (nSPS) is 13.9. The molecule has 1 aliphatic heterocycles. The topological polar surface area (TPSA) is 51.2 Å². The summed E-state index contributed by atoms with van der Waals surface area (Å²) in [6.07, 6.45) is 0. The van der Waals surface area contributed by atoms with E-state index in [4.69, 9.17) is 14.2 Å². The Balaban J connectivity index is 1.68. The Kier molecular flexibility index (Phi) is 5.58. The molecular weight excluding hydrogens is 366 g/mol. The molecule has 5 nitrogen and oxygen atoms in total. The van der Waals surface area contributed by atoms with Gasteiger partial charge in [-0.1, -0.05) is 30.3 Å². The molecule has 0 aliphatic carbocycles. The van der Waals surface area contributed by atoms with Gasteiger partial charge in [0.05, 0.1) is 14.2 Å². The zero-order chi connectivity index (χ0) is 20.2. The monoisotopic (exact) mass is 391 g/mol. The fraction of sp³-hybridized carbons (Fsp3) is 0.250. The Hall–Kier alpha value is -3.18. The molecule has 3 aromatic rings. The molecule has 0 fully saturated rings. The summed E-state index contributed by atoms with van der Waals surface area (Å²) < 4.78 is 17.3. The molecule has 0 radical (unpaired) electrons. The average Bonchev–Trinajstić information content (AvgIpc) is 2.96. The predicted octanol–water partition coefficient (Wildman–Crippen LogP) is 4.47. The number of rotatable bonds is 5. The molecule has 3 aromatic carbocycles. The molecule has 0 unspecified atom stereocenters. The molecule has 1 aliphatic rings. The number of hydrogen-bond acceptors (Lipinski definition) is 5. The zero-order valence-electron chi connectivity index (χ0n) is 16.7. The molecule has 0 saturated heterocycles. The molecule has 5 heteroatoms. The number of phenolic OH excluding ortho intramolecular Hbond substituents is 1. The van der Waals surface area contributed by atoms with Crippen molar-refractivity contribution in [3.8, 4) is 34.1 Å². The van der Waals surface area contributed by atoms with E-state index in [1.807, 2.05) is 42.5 Å². The van der Waals surface area contributed by atoms with Crippen molar-refractivity contribution >= 4 is 0 Å². The van der Waals surface area contributed by atoms with Crippen molar-refractivity contribution in [3.05, 3.63) is 71.8 Å². The lowest BCUT2D eigenvalue weighted by Crippen LogP contribution is -2.25. The van der Waals surface area contributed by atoms with E-state index in [0.717, 1.165) is 59.1 Å². The number of methoxy groups -OCH3 is 2. The number of hydrogen-bond donors (Lipinski definition) is 1. The van der Waals surface area contributed by atoms with Crippen LogP contribution in [0.25, 0.3) is 11.1 Å². The highest BCUT2D eigenvalue weighted by atomic mass is 16.5. The van der Waals surface area contributed by atoms with E-state index < -0.39 is 0 Å². The Labute approximate surface area is 171 Å².